The molecular formula is C20H22N2O5S2. The Labute approximate surface area is 177 Å². The van der Waals surface area contributed by atoms with Gasteiger partial charge in [0.2, 0.25) is 5.76 Å². The first-order valence-electron chi connectivity index (χ1n) is 8.75. The van der Waals surface area contributed by atoms with Crippen molar-refractivity contribution in [1.82, 2.24) is 9.97 Å². The lowest BCUT2D eigenvalue weighted by Crippen LogP contribution is -2.46. The number of carbonyl (C=O) groups is 2. The number of carbonyl (C=O) groups excluding carboxylic acids is 2. The summed E-state index contributed by atoms with van der Waals surface area (Å²) in [4.78, 5) is 30.6. The molecule has 0 saturated carbocycles. The second kappa shape index (κ2) is 11.0. The predicted molar refractivity (Wildman–Crippen MR) is 112 cm³/mol. The summed E-state index contributed by atoms with van der Waals surface area (Å²) < 4.78 is 11.5. The minimum absolute atomic E-state index is 0.362. The Balaban J connectivity index is 0.00000145. The first-order valence-corrected chi connectivity index (χ1v) is 10.5. The Kier molecular flexibility index (Phi) is 8.69. The minimum Gasteiger partial charge on any atom is -0.501 e. The minimum atomic E-state index is -1.08. The summed E-state index contributed by atoms with van der Waals surface area (Å²) in [6.07, 6.45) is 6.31. The molecule has 2 aromatic rings. The molecule has 1 aliphatic rings. The van der Waals surface area contributed by atoms with Crippen molar-refractivity contribution in [2.75, 3.05) is 12.4 Å². The highest BCUT2D eigenvalue weighted by molar-refractivity contribution is 8.03. The van der Waals surface area contributed by atoms with Crippen LogP contribution in [0.5, 0.6) is 0 Å². The molecular weight excluding hydrogens is 412 g/mol. The van der Waals surface area contributed by atoms with Gasteiger partial charge in [-0.05, 0) is 38.1 Å². The van der Waals surface area contributed by atoms with E-state index in [0.29, 0.717) is 17.3 Å². The largest absolute Gasteiger partial charge is 0.501 e. The molecule has 1 N–H and O–H groups in total. The van der Waals surface area contributed by atoms with Crippen molar-refractivity contribution in [1.29, 1.82) is 0 Å². The lowest BCUT2D eigenvalue weighted by atomic mass is 10.00. The molecule has 3 rings (SSSR count). The van der Waals surface area contributed by atoms with E-state index in [-0.39, 0.29) is 5.76 Å². The van der Waals surface area contributed by atoms with Gasteiger partial charge in [0.25, 0.3) is 0 Å². The van der Waals surface area contributed by atoms with Crippen molar-refractivity contribution < 1.29 is 24.2 Å². The number of ether oxygens (including phenoxy) is 2. The number of aliphatic hydroxyl groups is 1. The van der Waals surface area contributed by atoms with Gasteiger partial charge >= 0.3 is 5.97 Å². The molecule has 0 fully saturated rings. The Hall–Kier alpha value is -2.36. The number of rotatable bonds is 8. The van der Waals surface area contributed by atoms with Crippen molar-refractivity contribution in [3.8, 4) is 0 Å². The zero-order valence-electron chi connectivity index (χ0n) is 16.1. The first kappa shape index (κ1) is 22.9. The van der Waals surface area contributed by atoms with Gasteiger partial charge in [0.15, 0.2) is 5.60 Å². The van der Waals surface area contributed by atoms with E-state index in [2.05, 4.69) is 9.97 Å². The van der Waals surface area contributed by atoms with Crippen LogP contribution in [0.4, 0.5) is 0 Å². The zero-order valence-corrected chi connectivity index (χ0v) is 17.7. The van der Waals surface area contributed by atoms with Gasteiger partial charge in [-0.1, -0.05) is 11.8 Å². The normalized spacial score (nSPS) is 19.3. The van der Waals surface area contributed by atoms with Crippen LogP contribution < -0.4 is 0 Å². The van der Waals surface area contributed by atoms with Crippen LogP contribution in [-0.2, 0) is 19.1 Å². The highest BCUT2D eigenvalue weighted by Crippen LogP contribution is 2.47. The van der Waals surface area contributed by atoms with E-state index in [0.717, 1.165) is 9.79 Å². The van der Waals surface area contributed by atoms with Crippen LogP contribution in [0.15, 0.2) is 69.5 Å². The second-order valence-corrected chi connectivity index (χ2v) is 7.94. The molecule has 29 heavy (non-hydrogen) atoms. The van der Waals surface area contributed by atoms with E-state index in [9.17, 15) is 9.90 Å². The third kappa shape index (κ3) is 5.37. The molecule has 1 aliphatic heterocycles. The van der Waals surface area contributed by atoms with E-state index in [1.54, 1.807) is 24.8 Å². The summed E-state index contributed by atoms with van der Waals surface area (Å²) in [5, 5.41) is 10.5. The molecule has 0 aliphatic carbocycles. The maximum Gasteiger partial charge on any atom is 0.375 e. The number of esters is 1. The molecule has 2 atom stereocenters. The zero-order chi connectivity index (χ0) is 21.3. The molecule has 154 valence electrons. The fourth-order valence-corrected chi connectivity index (χ4v) is 5.05. The highest BCUT2D eigenvalue weighted by atomic mass is 32.2. The van der Waals surface area contributed by atoms with Gasteiger partial charge in [0.1, 0.15) is 12.9 Å². The number of pyridine rings is 2. The van der Waals surface area contributed by atoms with Gasteiger partial charge in [0, 0.05) is 46.9 Å². The average Bonchev–Trinajstić information content (AvgIpc) is 3.01. The van der Waals surface area contributed by atoms with Gasteiger partial charge in [-0.3, -0.25) is 9.97 Å². The van der Waals surface area contributed by atoms with Crippen molar-refractivity contribution in [3.63, 3.8) is 0 Å². The Morgan fingerprint density at radius 3 is 2.24 bits per heavy atom. The van der Waals surface area contributed by atoms with Crippen LogP contribution in [0, 0.1) is 0 Å². The molecule has 7 nitrogen and oxygen atoms in total. The topological polar surface area (TPSA) is 98.6 Å². The average molecular weight is 435 g/mol. The Morgan fingerprint density at radius 1 is 1.14 bits per heavy atom. The summed E-state index contributed by atoms with van der Waals surface area (Å²) in [6, 6.07) is 7.42. The fraction of sp³-hybridized carbons (Fsp3) is 0.300. The van der Waals surface area contributed by atoms with Crippen LogP contribution >= 0.6 is 23.5 Å². The number of aromatic nitrogens is 2. The van der Waals surface area contributed by atoms with E-state index in [4.69, 9.17) is 14.3 Å². The number of nitrogens with zero attached hydrogens (tertiary/aromatic N) is 2. The number of thioether (sulfide) groups is 2. The molecule has 0 amide bonds. The SMILES string of the molecule is C=O.CCOC(C)C1(CSc2ccncc2)OC(=O)C(O)=C1Sc1ccncc1. The molecule has 0 spiro atoms. The molecule has 2 unspecified atom stereocenters. The van der Waals surface area contributed by atoms with Crippen LogP contribution in [0.1, 0.15) is 13.8 Å². The Bertz CT molecular complexity index is 835. The molecule has 0 radical (unpaired) electrons. The van der Waals surface area contributed by atoms with Crippen molar-refractivity contribution >= 4 is 36.3 Å². The van der Waals surface area contributed by atoms with Crippen LogP contribution in [-0.4, -0.2) is 51.9 Å². The summed E-state index contributed by atoms with van der Waals surface area (Å²) in [6.45, 7) is 6.21. The summed E-state index contributed by atoms with van der Waals surface area (Å²) >= 11 is 2.82. The van der Waals surface area contributed by atoms with E-state index < -0.39 is 17.7 Å². The summed E-state index contributed by atoms with van der Waals surface area (Å²) in [5.74, 6) is -0.686. The van der Waals surface area contributed by atoms with Gasteiger partial charge in [0.05, 0.1) is 4.91 Å². The highest BCUT2D eigenvalue weighted by Gasteiger charge is 2.53. The lowest BCUT2D eigenvalue weighted by Gasteiger charge is -2.35. The first-order chi connectivity index (χ1) is 14.1. The van der Waals surface area contributed by atoms with Crippen molar-refractivity contribution in [3.05, 3.63) is 59.7 Å². The van der Waals surface area contributed by atoms with Gasteiger partial charge in [-0.15, -0.1) is 11.8 Å². The Morgan fingerprint density at radius 2 is 1.69 bits per heavy atom. The van der Waals surface area contributed by atoms with Gasteiger partial charge in [-0.25, -0.2) is 4.79 Å². The van der Waals surface area contributed by atoms with Crippen LogP contribution in [0.2, 0.25) is 0 Å². The number of hydrogen-bond acceptors (Lipinski definition) is 9. The second-order valence-electron chi connectivity index (χ2n) is 5.81. The molecule has 2 aromatic heterocycles. The third-order valence-corrected chi connectivity index (χ3v) is 6.54. The predicted octanol–water partition coefficient (Wildman–Crippen LogP) is 3.67. The number of cyclic esters (lactones) is 1. The molecule has 0 saturated heterocycles. The molecule has 9 heteroatoms. The van der Waals surface area contributed by atoms with Gasteiger partial charge < -0.3 is 19.4 Å². The molecule has 3 heterocycles. The maximum absolute atomic E-state index is 12.3. The lowest BCUT2D eigenvalue weighted by molar-refractivity contribution is -0.157. The monoisotopic (exact) mass is 434 g/mol. The molecule has 0 bridgehead atoms. The molecule has 0 aromatic carbocycles. The quantitative estimate of drug-likeness (QED) is 0.493. The van der Waals surface area contributed by atoms with Crippen molar-refractivity contribution in [2.24, 2.45) is 0 Å². The fourth-order valence-electron chi connectivity index (χ4n) is 2.70. The smallest absolute Gasteiger partial charge is 0.375 e. The van der Waals surface area contributed by atoms with Crippen LogP contribution in [0.25, 0.3) is 0 Å². The number of hydrogen-bond donors (Lipinski definition) is 1. The summed E-state index contributed by atoms with van der Waals surface area (Å²) in [7, 11) is 0. The van der Waals surface area contributed by atoms with E-state index in [1.807, 2.05) is 44.9 Å². The van der Waals surface area contributed by atoms with Crippen molar-refractivity contribution in [2.45, 2.75) is 35.3 Å². The number of aliphatic hydroxyl groups excluding tert-OH is 1. The third-order valence-electron chi connectivity index (χ3n) is 4.11. The maximum atomic E-state index is 12.3. The standard InChI is InChI=1S/C19H20N2O4S2.CH2O/c1-3-24-13(2)19(12-26-14-4-8-20-9-5-14)17(16(22)18(23)25-19)27-15-6-10-21-11-7-15;1-2/h4-11,13,22H,3,12H2,1-2H3;1H2. The summed E-state index contributed by atoms with van der Waals surface area (Å²) in [5.41, 5.74) is -1.08. The van der Waals surface area contributed by atoms with Gasteiger partial charge in [-0.2, -0.15) is 0 Å². The van der Waals surface area contributed by atoms with E-state index >= 15 is 0 Å². The van der Waals surface area contributed by atoms with Crippen LogP contribution in [0.3, 0.4) is 0 Å². The van der Waals surface area contributed by atoms with E-state index in [1.165, 1.54) is 23.5 Å².